The molecular weight excluding hydrogens is 312 g/mol. The first-order valence-electron chi connectivity index (χ1n) is 7.00. The fourth-order valence-electron chi connectivity index (χ4n) is 1.96. The zero-order chi connectivity index (χ0) is 16.9. The van der Waals surface area contributed by atoms with Crippen LogP contribution in [0, 0.1) is 6.92 Å². The van der Waals surface area contributed by atoms with Gasteiger partial charge in [0.05, 0.1) is 16.8 Å². The summed E-state index contributed by atoms with van der Waals surface area (Å²) in [6, 6.07) is 14.3. The maximum Gasteiger partial charge on any atom is 0.255 e. The Morgan fingerprint density at radius 1 is 1.04 bits per heavy atom. The average molecular weight is 330 g/mol. The molecule has 0 unspecified atom stereocenters. The number of anilines is 2. The number of rotatable bonds is 5. The summed E-state index contributed by atoms with van der Waals surface area (Å²) in [7, 11) is -3.69. The number of hydrogen-bond acceptors (Lipinski definition) is 3. The molecule has 120 valence electrons. The van der Waals surface area contributed by atoms with Crippen molar-refractivity contribution >= 4 is 33.4 Å². The van der Waals surface area contributed by atoms with Crippen LogP contribution in [0.2, 0.25) is 0 Å². The first kappa shape index (κ1) is 16.8. The second-order valence-electron chi connectivity index (χ2n) is 5.09. The molecule has 0 atom stereocenters. The van der Waals surface area contributed by atoms with Crippen LogP contribution in [-0.2, 0) is 14.8 Å². The van der Waals surface area contributed by atoms with Gasteiger partial charge in [-0.15, -0.1) is 0 Å². The Balaban J connectivity index is 2.25. The SMILES string of the molecule is CC(=O)Nc1ccc(C)cc1NS(=O)(=O)/C=C\c1ccccc1. The van der Waals surface area contributed by atoms with E-state index in [1.165, 1.54) is 13.0 Å². The molecule has 0 aliphatic heterocycles. The molecule has 6 heteroatoms. The highest BCUT2D eigenvalue weighted by molar-refractivity contribution is 7.95. The molecule has 23 heavy (non-hydrogen) atoms. The van der Waals surface area contributed by atoms with Gasteiger partial charge in [-0.2, -0.15) is 0 Å². The normalized spacial score (nSPS) is 11.4. The van der Waals surface area contributed by atoms with Gasteiger partial charge in [0.2, 0.25) is 5.91 Å². The van der Waals surface area contributed by atoms with Gasteiger partial charge in [0.1, 0.15) is 0 Å². The van der Waals surface area contributed by atoms with E-state index in [0.717, 1.165) is 16.5 Å². The van der Waals surface area contributed by atoms with Gasteiger partial charge >= 0.3 is 0 Å². The third-order valence-electron chi connectivity index (χ3n) is 2.98. The van der Waals surface area contributed by atoms with Crippen LogP contribution >= 0.6 is 0 Å². The number of carbonyl (C=O) groups is 1. The Bertz CT molecular complexity index is 828. The lowest BCUT2D eigenvalue weighted by Crippen LogP contribution is -2.13. The van der Waals surface area contributed by atoms with E-state index in [2.05, 4.69) is 10.0 Å². The number of sulfonamides is 1. The Hall–Kier alpha value is -2.60. The van der Waals surface area contributed by atoms with E-state index in [1.54, 1.807) is 30.3 Å². The van der Waals surface area contributed by atoms with Crippen molar-refractivity contribution in [1.82, 2.24) is 0 Å². The smallest absolute Gasteiger partial charge is 0.255 e. The lowest BCUT2D eigenvalue weighted by molar-refractivity contribution is -0.114. The van der Waals surface area contributed by atoms with Crippen LogP contribution < -0.4 is 10.0 Å². The van der Waals surface area contributed by atoms with Crippen LogP contribution in [0.1, 0.15) is 18.1 Å². The second-order valence-corrected chi connectivity index (χ2v) is 6.66. The highest BCUT2D eigenvalue weighted by atomic mass is 32.2. The summed E-state index contributed by atoms with van der Waals surface area (Å²) in [5.74, 6) is -0.269. The minimum Gasteiger partial charge on any atom is -0.325 e. The molecule has 0 aliphatic rings. The monoisotopic (exact) mass is 330 g/mol. The average Bonchev–Trinajstić information content (AvgIpc) is 2.48. The predicted octanol–water partition coefficient (Wildman–Crippen LogP) is 3.37. The molecule has 1 amide bonds. The molecule has 2 N–H and O–H groups in total. The largest absolute Gasteiger partial charge is 0.325 e. The molecule has 0 saturated heterocycles. The van der Waals surface area contributed by atoms with Gasteiger partial charge in [-0.25, -0.2) is 8.42 Å². The standard InChI is InChI=1S/C17H18N2O3S/c1-13-8-9-16(18-14(2)20)17(12-13)19-23(21,22)11-10-15-6-4-3-5-7-15/h3-12,19H,1-2H3,(H,18,20)/b11-10-. The molecule has 0 heterocycles. The summed E-state index contributed by atoms with van der Waals surface area (Å²) in [5, 5.41) is 3.71. The van der Waals surface area contributed by atoms with Gasteiger partial charge in [0.15, 0.2) is 0 Å². The fraction of sp³-hybridized carbons (Fsp3) is 0.118. The maximum atomic E-state index is 12.2. The first-order chi connectivity index (χ1) is 10.9. The number of hydrogen-bond donors (Lipinski definition) is 2. The fourth-order valence-corrected chi connectivity index (χ4v) is 2.84. The van der Waals surface area contributed by atoms with E-state index < -0.39 is 10.0 Å². The number of aryl methyl sites for hydroxylation is 1. The highest BCUT2D eigenvalue weighted by Gasteiger charge is 2.11. The second kappa shape index (κ2) is 7.11. The summed E-state index contributed by atoms with van der Waals surface area (Å²) in [4.78, 5) is 11.2. The molecule has 0 bridgehead atoms. The molecule has 2 aromatic carbocycles. The van der Waals surface area contributed by atoms with Gasteiger partial charge in [-0.3, -0.25) is 9.52 Å². The van der Waals surface area contributed by atoms with Crippen molar-refractivity contribution in [3.63, 3.8) is 0 Å². The van der Waals surface area contributed by atoms with Crippen molar-refractivity contribution in [2.75, 3.05) is 10.0 Å². The van der Waals surface area contributed by atoms with Gasteiger partial charge in [0.25, 0.3) is 10.0 Å². The van der Waals surface area contributed by atoms with E-state index in [4.69, 9.17) is 0 Å². The quantitative estimate of drug-likeness (QED) is 0.882. The Morgan fingerprint density at radius 2 is 1.74 bits per heavy atom. The van der Waals surface area contributed by atoms with Gasteiger partial charge in [-0.1, -0.05) is 36.4 Å². The predicted molar refractivity (Wildman–Crippen MR) is 93.5 cm³/mol. The third kappa shape index (κ3) is 5.27. The van der Waals surface area contributed by atoms with E-state index in [1.807, 2.05) is 25.1 Å². The minimum atomic E-state index is -3.69. The van der Waals surface area contributed by atoms with Crippen LogP contribution in [0.25, 0.3) is 6.08 Å². The third-order valence-corrected chi connectivity index (χ3v) is 3.98. The number of amides is 1. The topological polar surface area (TPSA) is 75.3 Å². The van der Waals surface area contributed by atoms with Crippen LogP contribution in [0.5, 0.6) is 0 Å². The molecule has 0 aromatic heterocycles. The lowest BCUT2D eigenvalue weighted by atomic mass is 10.2. The molecule has 0 fully saturated rings. The molecule has 0 saturated carbocycles. The van der Waals surface area contributed by atoms with Crippen LogP contribution in [0.4, 0.5) is 11.4 Å². The molecule has 0 aliphatic carbocycles. The summed E-state index contributed by atoms with van der Waals surface area (Å²) in [6.45, 7) is 3.21. The van der Waals surface area contributed by atoms with Gasteiger partial charge in [0, 0.05) is 6.92 Å². The van der Waals surface area contributed by atoms with Crippen molar-refractivity contribution in [1.29, 1.82) is 0 Å². The van der Waals surface area contributed by atoms with Gasteiger partial charge < -0.3 is 5.32 Å². The van der Waals surface area contributed by atoms with E-state index >= 15 is 0 Å². The minimum absolute atomic E-state index is 0.269. The molecule has 2 aromatic rings. The molecule has 0 spiro atoms. The summed E-state index contributed by atoms with van der Waals surface area (Å²) in [5.41, 5.74) is 2.41. The Kier molecular flexibility index (Phi) is 5.18. The number of carbonyl (C=O) groups excluding carboxylic acids is 1. The Labute approximate surface area is 136 Å². The zero-order valence-corrected chi connectivity index (χ0v) is 13.7. The van der Waals surface area contributed by atoms with Crippen molar-refractivity contribution in [3.05, 3.63) is 65.1 Å². The highest BCUT2D eigenvalue weighted by Crippen LogP contribution is 2.24. The number of benzene rings is 2. The van der Waals surface area contributed by atoms with Crippen molar-refractivity contribution in [2.24, 2.45) is 0 Å². The summed E-state index contributed by atoms with van der Waals surface area (Å²) >= 11 is 0. The van der Waals surface area contributed by atoms with Gasteiger partial charge in [-0.05, 0) is 36.3 Å². The molecule has 0 radical (unpaired) electrons. The van der Waals surface area contributed by atoms with E-state index in [0.29, 0.717) is 11.4 Å². The van der Waals surface area contributed by atoms with Crippen molar-refractivity contribution in [2.45, 2.75) is 13.8 Å². The van der Waals surface area contributed by atoms with Crippen LogP contribution in [-0.4, -0.2) is 14.3 Å². The lowest BCUT2D eigenvalue weighted by Gasteiger charge is -2.12. The summed E-state index contributed by atoms with van der Waals surface area (Å²) < 4.78 is 26.9. The van der Waals surface area contributed by atoms with E-state index in [-0.39, 0.29) is 5.91 Å². The summed E-state index contributed by atoms with van der Waals surface area (Å²) in [6.07, 6.45) is 1.51. The van der Waals surface area contributed by atoms with Crippen molar-refractivity contribution < 1.29 is 13.2 Å². The molecular formula is C17H18N2O3S. The zero-order valence-electron chi connectivity index (χ0n) is 12.9. The van der Waals surface area contributed by atoms with Crippen LogP contribution in [0.15, 0.2) is 53.9 Å². The maximum absolute atomic E-state index is 12.2. The van der Waals surface area contributed by atoms with Crippen molar-refractivity contribution in [3.8, 4) is 0 Å². The Morgan fingerprint density at radius 3 is 2.39 bits per heavy atom. The number of nitrogens with one attached hydrogen (secondary N) is 2. The van der Waals surface area contributed by atoms with Crippen LogP contribution in [0.3, 0.4) is 0 Å². The van der Waals surface area contributed by atoms with E-state index in [9.17, 15) is 13.2 Å². The molecule has 5 nitrogen and oxygen atoms in total. The molecule has 2 rings (SSSR count). The first-order valence-corrected chi connectivity index (χ1v) is 8.54.